The van der Waals surface area contributed by atoms with Crippen LogP contribution in [-0.4, -0.2) is 20.1 Å². The van der Waals surface area contributed by atoms with E-state index in [0.29, 0.717) is 11.3 Å². The molecule has 1 amide bonds. The third-order valence-electron chi connectivity index (χ3n) is 3.12. The highest BCUT2D eigenvalue weighted by molar-refractivity contribution is 6.00. The number of hydrogen-bond acceptors (Lipinski definition) is 2. The van der Waals surface area contributed by atoms with Crippen molar-refractivity contribution in [2.45, 2.75) is 26.3 Å². The Kier molecular flexibility index (Phi) is 1.83. The van der Waals surface area contributed by atoms with Crippen molar-refractivity contribution in [2.75, 3.05) is 0 Å². The lowest BCUT2D eigenvalue weighted by atomic mass is 10.2. The van der Waals surface area contributed by atoms with Crippen LogP contribution < -0.4 is 5.73 Å². The Balaban J connectivity index is 2.17. The predicted octanol–water partition coefficient (Wildman–Crippen LogP) is 0.953. The normalized spacial score (nSPS) is 15.8. The number of aromatic nitrogens is 3. The highest BCUT2D eigenvalue weighted by Gasteiger charge is 2.24. The Hall–Kier alpha value is -1.78. The van der Waals surface area contributed by atoms with Crippen LogP contribution in [0.3, 0.4) is 0 Å². The van der Waals surface area contributed by atoms with E-state index in [4.69, 9.17) is 5.73 Å². The van der Waals surface area contributed by atoms with E-state index >= 15 is 0 Å². The third-order valence-corrected chi connectivity index (χ3v) is 3.12. The number of hydrogen-bond donors (Lipinski definition) is 1. The first-order valence-corrected chi connectivity index (χ1v) is 5.50. The molecule has 0 unspecified atom stereocenters. The van der Waals surface area contributed by atoms with Crippen LogP contribution in [0.25, 0.3) is 5.65 Å². The van der Waals surface area contributed by atoms with Crippen molar-refractivity contribution >= 4 is 11.6 Å². The molecule has 0 saturated heterocycles. The van der Waals surface area contributed by atoms with Gasteiger partial charge in [0.15, 0.2) is 0 Å². The second kappa shape index (κ2) is 3.10. The van der Waals surface area contributed by atoms with Gasteiger partial charge in [-0.25, -0.2) is 4.52 Å². The highest BCUT2D eigenvalue weighted by atomic mass is 16.1. The Morgan fingerprint density at radius 1 is 1.56 bits per heavy atom. The van der Waals surface area contributed by atoms with E-state index in [9.17, 15) is 4.79 Å². The molecule has 3 rings (SSSR count). The minimum Gasteiger partial charge on any atom is -0.365 e. The molecule has 2 heterocycles. The van der Waals surface area contributed by atoms with Crippen molar-refractivity contribution in [3.8, 4) is 0 Å². The third kappa shape index (κ3) is 1.31. The summed E-state index contributed by atoms with van der Waals surface area (Å²) in [5.41, 5.74) is 7.47. The molecule has 0 bridgehead atoms. The minimum atomic E-state index is -0.400. The van der Waals surface area contributed by atoms with E-state index in [2.05, 4.69) is 9.67 Å². The van der Waals surface area contributed by atoms with Crippen LogP contribution in [0, 0.1) is 12.8 Å². The maximum atomic E-state index is 11.4. The predicted molar refractivity (Wildman–Crippen MR) is 59.2 cm³/mol. The van der Waals surface area contributed by atoms with Gasteiger partial charge in [0.2, 0.25) is 0 Å². The molecule has 16 heavy (non-hydrogen) atoms. The number of imidazole rings is 1. The summed E-state index contributed by atoms with van der Waals surface area (Å²) in [6.45, 7) is 2.77. The van der Waals surface area contributed by atoms with Crippen LogP contribution in [0.1, 0.15) is 28.9 Å². The number of nitrogens with two attached hydrogens (primary N) is 1. The molecule has 5 heteroatoms. The topological polar surface area (TPSA) is 65.3 Å². The molecule has 0 spiro atoms. The smallest absolute Gasteiger partial charge is 0.254 e. The molecule has 0 aromatic carbocycles. The van der Waals surface area contributed by atoms with Crippen LogP contribution in [0.15, 0.2) is 12.4 Å². The summed E-state index contributed by atoms with van der Waals surface area (Å²) in [6, 6.07) is 0. The summed E-state index contributed by atoms with van der Waals surface area (Å²) < 4.78 is 3.82. The van der Waals surface area contributed by atoms with E-state index in [1.807, 2.05) is 19.3 Å². The molecule has 0 aliphatic heterocycles. The first kappa shape index (κ1) is 9.45. The average molecular weight is 218 g/mol. The number of rotatable bonds is 3. The van der Waals surface area contributed by atoms with E-state index in [-0.39, 0.29) is 0 Å². The van der Waals surface area contributed by atoms with Crippen LogP contribution in [0.4, 0.5) is 0 Å². The zero-order chi connectivity index (χ0) is 11.3. The van der Waals surface area contributed by atoms with Gasteiger partial charge in [0.1, 0.15) is 11.2 Å². The lowest BCUT2D eigenvalue weighted by Crippen LogP contribution is -2.13. The van der Waals surface area contributed by atoms with Gasteiger partial charge in [-0.15, -0.1) is 0 Å². The van der Waals surface area contributed by atoms with Crippen molar-refractivity contribution in [3.05, 3.63) is 23.7 Å². The fourth-order valence-electron chi connectivity index (χ4n) is 2.14. The number of nitrogens with zero attached hydrogens (tertiary/aromatic N) is 3. The molecule has 5 nitrogen and oxygen atoms in total. The zero-order valence-electron chi connectivity index (χ0n) is 9.18. The summed E-state index contributed by atoms with van der Waals surface area (Å²) in [6.07, 6.45) is 6.40. The van der Waals surface area contributed by atoms with E-state index in [0.717, 1.165) is 18.1 Å². The summed E-state index contributed by atoms with van der Waals surface area (Å²) in [5, 5.41) is 4.28. The van der Waals surface area contributed by atoms with Gasteiger partial charge >= 0.3 is 0 Å². The number of carbonyl (C=O) groups is 1. The SMILES string of the molecule is Cc1nn2ccn(CC3CC3)c2c1C(N)=O. The van der Waals surface area contributed by atoms with Gasteiger partial charge in [-0.1, -0.05) is 0 Å². The van der Waals surface area contributed by atoms with Gasteiger partial charge in [0, 0.05) is 18.9 Å². The fourth-order valence-corrected chi connectivity index (χ4v) is 2.14. The number of amides is 1. The fraction of sp³-hybridized carbons (Fsp3) is 0.455. The van der Waals surface area contributed by atoms with Crippen LogP contribution >= 0.6 is 0 Å². The molecule has 1 fully saturated rings. The van der Waals surface area contributed by atoms with Gasteiger partial charge in [-0.05, 0) is 25.7 Å². The first-order chi connectivity index (χ1) is 7.66. The summed E-state index contributed by atoms with van der Waals surface area (Å²) in [7, 11) is 0. The first-order valence-electron chi connectivity index (χ1n) is 5.50. The van der Waals surface area contributed by atoms with Crippen molar-refractivity contribution in [1.82, 2.24) is 14.2 Å². The Bertz CT molecular complexity index is 562. The van der Waals surface area contributed by atoms with Crippen LogP contribution in [0.5, 0.6) is 0 Å². The lowest BCUT2D eigenvalue weighted by Gasteiger charge is -2.02. The van der Waals surface area contributed by atoms with Crippen molar-refractivity contribution in [3.63, 3.8) is 0 Å². The molecule has 2 aromatic heterocycles. The number of carbonyl (C=O) groups excluding carboxylic acids is 1. The van der Waals surface area contributed by atoms with Gasteiger partial charge in [0.25, 0.3) is 5.91 Å². The summed E-state index contributed by atoms with van der Waals surface area (Å²) >= 11 is 0. The average Bonchev–Trinajstić information content (AvgIpc) is 2.85. The van der Waals surface area contributed by atoms with E-state index < -0.39 is 5.91 Å². The van der Waals surface area contributed by atoms with Crippen molar-refractivity contribution < 1.29 is 4.79 Å². The second-order valence-electron chi connectivity index (χ2n) is 4.49. The molecular formula is C11H14N4O. The molecular weight excluding hydrogens is 204 g/mol. The van der Waals surface area contributed by atoms with Crippen LogP contribution in [0.2, 0.25) is 0 Å². The molecule has 1 saturated carbocycles. The Morgan fingerprint density at radius 3 is 2.94 bits per heavy atom. The Morgan fingerprint density at radius 2 is 2.31 bits per heavy atom. The maximum absolute atomic E-state index is 11.4. The molecule has 0 radical (unpaired) electrons. The highest BCUT2D eigenvalue weighted by Crippen LogP contribution is 2.31. The molecule has 2 N–H and O–H groups in total. The van der Waals surface area contributed by atoms with Gasteiger partial charge < -0.3 is 10.3 Å². The van der Waals surface area contributed by atoms with Crippen LogP contribution in [-0.2, 0) is 6.54 Å². The zero-order valence-corrected chi connectivity index (χ0v) is 9.18. The Labute approximate surface area is 92.8 Å². The standard InChI is InChI=1S/C11H14N4O/c1-7-9(10(12)16)11-14(6-8-2-3-8)4-5-15(11)13-7/h4-5,8H,2-3,6H2,1H3,(H2,12,16). The largest absolute Gasteiger partial charge is 0.365 e. The van der Waals surface area contributed by atoms with E-state index in [1.165, 1.54) is 12.8 Å². The van der Waals surface area contributed by atoms with Gasteiger partial charge in [0.05, 0.1) is 5.69 Å². The molecule has 0 atom stereocenters. The summed E-state index contributed by atoms with van der Waals surface area (Å²) in [4.78, 5) is 11.4. The van der Waals surface area contributed by atoms with Crippen molar-refractivity contribution in [1.29, 1.82) is 0 Å². The summed E-state index contributed by atoms with van der Waals surface area (Å²) in [5.74, 6) is 0.357. The van der Waals surface area contributed by atoms with Crippen molar-refractivity contribution in [2.24, 2.45) is 11.7 Å². The second-order valence-corrected chi connectivity index (χ2v) is 4.49. The number of fused-ring (bicyclic) bond motifs is 1. The molecule has 1 aliphatic carbocycles. The molecule has 2 aromatic rings. The maximum Gasteiger partial charge on any atom is 0.254 e. The van der Waals surface area contributed by atoms with Gasteiger partial charge in [-0.3, -0.25) is 4.79 Å². The van der Waals surface area contributed by atoms with Gasteiger partial charge in [-0.2, -0.15) is 5.10 Å². The monoisotopic (exact) mass is 218 g/mol. The molecule has 1 aliphatic rings. The van der Waals surface area contributed by atoms with E-state index in [1.54, 1.807) is 4.52 Å². The minimum absolute atomic E-state index is 0.400. The molecule has 84 valence electrons. The lowest BCUT2D eigenvalue weighted by molar-refractivity contribution is 0.100. The number of primary amides is 1. The quantitative estimate of drug-likeness (QED) is 0.833. The number of aryl methyl sites for hydroxylation is 1.